The van der Waals surface area contributed by atoms with Gasteiger partial charge in [0.2, 0.25) is 0 Å². The fraction of sp³-hybridized carbons (Fsp3) is 0. The van der Waals surface area contributed by atoms with Crippen LogP contribution in [-0.4, -0.2) is 0 Å². The van der Waals surface area contributed by atoms with Crippen molar-refractivity contribution >= 4 is 0 Å². The maximum Gasteiger partial charge on any atom is 3.00 e. The Kier molecular flexibility index (Phi) is 353. The number of hydrogen-bond acceptors (Lipinski definition) is 4. The van der Waals surface area contributed by atoms with Crippen molar-refractivity contribution < 1.29 is 46.6 Å². The van der Waals surface area contributed by atoms with Gasteiger partial charge >= 0.3 is 46.6 Å². The molecule has 0 spiro atoms. The van der Waals surface area contributed by atoms with Gasteiger partial charge in [-0.05, 0) is 0 Å². The Balaban J connectivity index is -0.0000000105. The summed E-state index contributed by atoms with van der Waals surface area (Å²) in [6, 6.07) is 0. The zero-order valence-electron chi connectivity index (χ0n) is 3.56. The van der Waals surface area contributed by atoms with Crippen molar-refractivity contribution in [2.45, 2.75) is 0 Å². The number of hydrogen-bond donors (Lipinski definition) is 0. The molecule has 1 radical (unpaired) electrons. The van der Waals surface area contributed by atoms with E-state index >= 15 is 0 Å². The molecule has 0 saturated carbocycles. The first-order chi connectivity index (χ1) is 2.41. The van der Waals surface area contributed by atoms with E-state index in [1.165, 1.54) is 0 Å². The minimum atomic E-state index is 0. The second kappa shape index (κ2) is 94.4. The van der Waals surface area contributed by atoms with Gasteiger partial charge in [0.15, 0.2) is 0 Å². The molecule has 0 aliphatic carbocycles. The van der Waals surface area contributed by atoms with Crippen LogP contribution < -0.4 is 29.6 Å². The van der Waals surface area contributed by atoms with Gasteiger partial charge in [-0.3, -0.25) is 0 Å². The van der Waals surface area contributed by atoms with Gasteiger partial charge in [-0.15, -0.1) is 5.34 Å². The van der Waals surface area contributed by atoms with Crippen LogP contribution in [0.3, 0.4) is 0 Å². The van der Waals surface area contributed by atoms with Gasteiger partial charge < -0.3 is 21.9 Å². The molecule has 0 aliphatic rings. The molecule has 0 fully saturated rings. The van der Waals surface area contributed by atoms with Crippen LogP contribution in [0.25, 0.3) is 0 Å². The third-order valence-corrected chi connectivity index (χ3v) is 0. The van der Waals surface area contributed by atoms with Crippen molar-refractivity contribution in [2.24, 2.45) is 5.34 Å². The van der Waals surface area contributed by atoms with Crippen molar-refractivity contribution in [1.29, 1.82) is 5.26 Å². The van der Waals surface area contributed by atoms with Gasteiger partial charge in [0.25, 0.3) is 0 Å². The smallest absolute Gasteiger partial charge is 0.512 e. The van der Waals surface area contributed by atoms with E-state index in [1.807, 2.05) is 0 Å². The first kappa shape index (κ1) is 26.2. The van der Waals surface area contributed by atoms with Crippen LogP contribution in [0.1, 0.15) is 0 Å². The fourth-order valence-electron chi connectivity index (χ4n) is 0. The molecule has 0 rings (SSSR count). The largest absolute Gasteiger partial charge is 3.00 e. The van der Waals surface area contributed by atoms with Gasteiger partial charge in [-0.25, -0.2) is 0 Å². The molecule has 0 unspecified atom stereocenters. The molecule has 0 aromatic heterocycles. The maximum absolute atomic E-state index is 8.00. The first-order valence-electron chi connectivity index (χ1n) is 0.589. The van der Waals surface area contributed by atoms with Crippen LogP contribution in [0.2, 0.25) is 0 Å². The predicted octanol–water partition coefficient (Wildman–Crippen LogP) is -2.65. The van der Waals surface area contributed by atoms with Gasteiger partial charge in [0, 0.05) is 0 Å². The Hall–Kier alpha value is 0.409. The molecule has 6 heteroatoms. The molecule has 33 valence electrons. The summed E-state index contributed by atoms with van der Waals surface area (Å²) in [6.45, 7) is 4.75. The molecule has 4 nitrogen and oxygen atoms in total. The Morgan fingerprint density at radius 3 is 1.57 bits per heavy atom. The second-order valence-corrected chi connectivity index (χ2v) is 0.0745. The summed E-state index contributed by atoms with van der Waals surface area (Å²) < 4.78 is 0. The summed E-state index contributed by atoms with van der Waals surface area (Å²) in [5.41, 5.74) is 0. The van der Waals surface area contributed by atoms with Crippen molar-refractivity contribution in [3.8, 4) is 0 Å². The molecule has 0 aliphatic heterocycles. The second-order valence-electron chi connectivity index (χ2n) is 0.0745. The quantitative estimate of drug-likeness (QED) is 0.164. The Morgan fingerprint density at radius 2 is 1.57 bits per heavy atom. The minimum absolute atomic E-state index is 0. The molecule has 0 atom stereocenters. The first-order valence-corrected chi connectivity index (χ1v) is 0.589. The summed E-state index contributed by atoms with van der Waals surface area (Å²) in [6.07, 6.45) is 0. The standard InChI is InChI=1S/CN.Fe.HNO2.Na/c1-2;;2-1-3;/h;;(H,2,3);/q-1;+3;;+1/p-1. The summed E-state index contributed by atoms with van der Waals surface area (Å²) >= 11 is 0. The molecule has 0 aromatic carbocycles. The van der Waals surface area contributed by atoms with Gasteiger partial charge in [-0.1, -0.05) is 0 Å². The van der Waals surface area contributed by atoms with E-state index in [4.69, 9.17) is 21.9 Å². The molecule has 0 aromatic rings. The van der Waals surface area contributed by atoms with Gasteiger partial charge in [0.05, 0.1) is 0 Å². The molecular weight excluding hydrogens is 151 g/mol. The topological polar surface area (TPSA) is 76.3 Å². The molecule has 0 saturated heterocycles. The van der Waals surface area contributed by atoms with Crippen LogP contribution in [0, 0.1) is 21.9 Å². The van der Waals surface area contributed by atoms with Crippen LogP contribution in [0.5, 0.6) is 0 Å². The van der Waals surface area contributed by atoms with Crippen molar-refractivity contribution in [3.63, 3.8) is 0 Å². The van der Waals surface area contributed by atoms with Gasteiger partial charge in [-0.2, -0.15) is 0 Å². The Labute approximate surface area is 73.6 Å². The SMILES string of the molecule is O=N[O-].[C-]#N.[Fe+3].[Na+]. The van der Waals surface area contributed by atoms with Crippen molar-refractivity contribution in [1.82, 2.24) is 0 Å². The Bertz CT molecular complexity index is 39.9. The van der Waals surface area contributed by atoms with E-state index in [2.05, 4.69) is 0 Å². The van der Waals surface area contributed by atoms with Crippen LogP contribution in [-0.2, 0) is 17.1 Å². The molecule has 0 N–H and O–H groups in total. The molecule has 7 heavy (non-hydrogen) atoms. The van der Waals surface area contributed by atoms with Crippen LogP contribution in [0.15, 0.2) is 5.34 Å². The number of rotatable bonds is 0. The summed E-state index contributed by atoms with van der Waals surface area (Å²) in [5, 5.41) is 15.2. The monoisotopic (exact) mass is 151 g/mol. The van der Waals surface area contributed by atoms with E-state index in [0.29, 0.717) is 0 Å². The predicted molar refractivity (Wildman–Crippen MR) is 14.1 cm³/mol. The van der Waals surface area contributed by atoms with E-state index in [-0.39, 0.29) is 46.6 Å². The zero-order valence-corrected chi connectivity index (χ0v) is 6.67. The van der Waals surface area contributed by atoms with Crippen LogP contribution >= 0.6 is 0 Å². The van der Waals surface area contributed by atoms with Gasteiger partial charge in [0.1, 0.15) is 0 Å². The molecular formula is CFeN2NaO2+2. The fourth-order valence-corrected chi connectivity index (χ4v) is 0. The summed E-state index contributed by atoms with van der Waals surface area (Å²) in [7, 11) is 0. The van der Waals surface area contributed by atoms with E-state index in [0.717, 1.165) is 5.34 Å². The molecule has 0 heterocycles. The Morgan fingerprint density at radius 1 is 1.57 bits per heavy atom. The maximum atomic E-state index is 8.00. The molecule has 0 amide bonds. The van der Waals surface area contributed by atoms with E-state index in [9.17, 15) is 0 Å². The normalized spacial score (nSPS) is 2.00. The average molecular weight is 151 g/mol. The molecule has 0 bridgehead atoms. The number of nitrogens with zero attached hydrogens (tertiary/aromatic N) is 2. The van der Waals surface area contributed by atoms with E-state index < -0.39 is 0 Å². The minimum Gasteiger partial charge on any atom is -0.512 e. The average Bonchev–Trinajstić information content (AvgIpc) is 1.46. The van der Waals surface area contributed by atoms with Crippen LogP contribution in [0.4, 0.5) is 0 Å². The zero-order chi connectivity index (χ0) is 4.71. The third-order valence-electron chi connectivity index (χ3n) is 0. The summed E-state index contributed by atoms with van der Waals surface area (Å²) in [4.78, 5) is 8.00. The third kappa shape index (κ3) is 743. The van der Waals surface area contributed by atoms with Crippen molar-refractivity contribution in [3.05, 3.63) is 16.7 Å². The van der Waals surface area contributed by atoms with Crippen molar-refractivity contribution in [2.75, 3.05) is 0 Å². The van der Waals surface area contributed by atoms with E-state index in [1.54, 1.807) is 0 Å². The summed E-state index contributed by atoms with van der Waals surface area (Å²) in [5.74, 6) is 0.